The number of rotatable bonds is 7. The van der Waals surface area contributed by atoms with Gasteiger partial charge in [-0.25, -0.2) is 4.79 Å². The van der Waals surface area contributed by atoms with Crippen molar-refractivity contribution in [2.75, 3.05) is 39.3 Å². The zero-order valence-electron chi connectivity index (χ0n) is 16.4. The molecule has 27 heavy (non-hydrogen) atoms. The monoisotopic (exact) mass is 373 g/mol. The third-order valence-corrected chi connectivity index (χ3v) is 5.65. The molecule has 1 aromatic heterocycles. The third kappa shape index (κ3) is 4.97. The fourth-order valence-electron chi connectivity index (χ4n) is 4.27. The predicted molar refractivity (Wildman–Crippen MR) is 104 cm³/mol. The van der Waals surface area contributed by atoms with Crippen LogP contribution in [0.5, 0.6) is 0 Å². The molecular weight excluding hydrogens is 342 g/mol. The quantitative estimate of drug-likeness (QED) is 0.762. The highest BCUT2D eigenvalue weighted by Gasteiger charge is 2.39. The largest absolute Gasteiger partial charge is 0.338 e. The molecule has 1 unspecified atom stereocenters. The number of likely N-dealkylation sites (tertiary alicyclic amines) is 2. The Morgan fingerprint density at radius 1 is 1.37 bits per heavy atom. The van der Waals surface area contributed by atoms with Gasteiger partial charge in [0, 0.05) is 57.5 Å². The molecule has 7 heteroatoms. The molecule has 2 saturated heterocycles. The maximum absolute atomic E-state index is 12.4. The lowest BCUT2D eigenvalue weighted by Gasteiger charge is -2.27. The van der Waals surface area contributed by atoms with Crippen LogP contribution in [-0.2, 0) is 4.79 Å². The average Bonchev–Trinajstić information content (AvgIpc) is 3.23. The van der Waals surface area contributed by atoms with Gasteiger partial charge in [-0.1, -0.05) is 13.0 Å². The van der Waals surface area contributed by atoms with E-state index in [9.17, 15) is 9.59 Å². The molecule has 3 rings (SSSR count). The van der Waals surface area contributed by atoms with Crippen molar-refractivity contribution in [2.45, 2.75) is 32.7 Å². The van der Waals surface area contributed by atoms with Crippen molar-refractivity contribution >= 4 is 11.9 Å². The average molecular weight is 374 g/mol. The number of hydrogen-bond donors (Lipinski definition) is 2. The second-order valence-electron chi connectivity index (χ2n) is 7.71. The lowest BCUT2D eigenvalue weighted by Crippen LogP contribution is -2.42. The molecule has 0 aliphatic carbocycles. The van der Waals surface area contributed by atoms with Gasteiger partial charge in [0.15, 0.2) is 0 Å². The van der Waals surface area contributed by atoms with Crippen LogP contribution in [0.2, 0.25) is 0 Å². The maximum Gasteiger partial charge on any atom is 0.314 e. The van der Waals surface area contributed by atoms with Crippen molar-refractivity contribution in [1.29, 1.82) is 0 Å². The smallest absolute Gasteiger partial charge is 0.314 e. The standard InChI is InChI=1S/C20H31N5O2/c1-3-25-18(26)11-17(19(25)16-5-4-7-21-12-16)13-23-20(27)22-8-10-24-9-6-15(2)14-24/h4-5,7,12,15,17,19H,3,6,8-11,13-14H2,1-2H3,(H2,22,23,27)/t15?,17-,19-/m1/s1. The summed E-state index contributed by atoms with van der Waals surface area (Å²) in [5.74, 6) is 0.957. The first-order valence-electron chi connectivity index (χ1n) is 10.0. The Hall–Kier alpha value is -2.15. The Balaban J connectivity index is 1.48. The summed E-state index contributed by atoms with van der Waals surface area (Å²) in [4.78, 5) is 33.0. The van der Waals surface area contributed by atoms with Crippen LogP contribution in [-0.4, -0.2) is 66.0 Å². The van der Waals surface area contributed by atoms with Gasteiger partial charge in [-0.15, -0.1) is 0 Å². The summed E-state index contributed by atoms with van der Waals surface area (Å²) in [5, 5.41) is 5.89. The number of pyridine rings is 1. The van der Waals surface area contributed by atoms with Crippen molar-refractivity contribution in [3.05, 3.63) is 30.1 Å². The minimum Gasteiger partial charge on any atom is -0.338 e. The van der Waals surface area contributed by atoms with Crippen LogP contribution in [0.4, 0.5) is 4.79 Å². The van der Waals surface area contributed by atoms with Crippen molar-refractivity contribution < 1.29 is 9.59 Å². The van der Waals surface area contributed by atoms with Gasteiger partial charge < -0.3 is 20.4 Å². The number of aromatic nitrogens is 1. The SMILES string of the molecule is CCN1C(=O)C[C@H](CNC(=O)NCCN2CCC(C)C2)[C@H]1c1cccnc1. The van der Waals surface area contributed by atoms with Crippen molar-refractivity contribution in [2.24, 2.45) is 11.8 Å². The van der Waals surface area contributed by atoms with Crippen molar-refractivity contribution in [1.82, 2.24) is 25.4 Å². The van der Waals surface area contributed by atoms with Crippen LogP contribution < -0.4 is 10.6 Å². The third-order valence-electron chi connectivity index (χ3n) is 5.65. The van der Waals surface area contributed by atoms with Gasteiger partial charge >= 0.3 is 6.03 Å². The zero-order chi connectivity index (χ0) is 19.2. The van der Waals surface area contributed by atoms with E-state index in [4.69, 9.17) is 0 Å². The number of nitrogens with one attached hydrogen (secondary N) is 2. The molecule has 2 aliphatic heterocycles. The van der Waals surface area contributed by atoms with Crippen LogP contribution in [0.3, 0.4) is 0 Å². The summed E-state index contributed by atoms with van der Waals surface area (Å²) in [6, 6.07) is 3.71. The number of carbonyl (C=O) groups is 2. The molecule has 1 aromatic rings. The van der Waals surface area contributed by atoms with Crippen molar-refractivity contribution in [3.63, 3.8) is 0 Å². The highest BCUT2D eigenvalue weighted by molar-refractivity contribution is 5.80. The molecule has 0 saturated carbocycles. The molecule has 3 heterocycles. The maximum atomic E-state index is 12.4. The van der Waals surface area contributed by atoms with E-state index in [2.05, 4.69) is 27.4 Å². The topological polar surface area (TPSA) is 77.6 Å². The van der Waals surface area contributed by atoms with Crippen LogP contribution in [0.1, 0.15) is 38.3 Å². The molecule has 0 radical (unpaired) electrons. The summed E-state index contributed by atoms with van der Waals surface area (Å²) in [6.45, 7) is 9.17. The van der Waals surface area contributed by atoms with Crippen molar-refractivity contribution in [3.8, 4) is 0 Å². The summed E-state index contributed by atoms with van der Waals surface area (Å²) < 4.78 is 0. The van der Waals surface area contributed by atoms with E-state index in [-0.39, 0.29) is 23.9 Å². The lowest BCUT2D eigenvalue weighted by atomic mass is 9.94. The molecule has 7 nitrogen and oxygen atoms in total. The van der Waals surface area contributed by atoms with E-state index in [0.717, 1.165) is 31.1 Å². The fraction of sp³-hybridized carbons (Fsp3) is 0.650. The fourth-order valence-corrected chi connectivity index (χ4v) is 4.27. The molecule has 148 valence electrons. The first kappa shape index (κ1) is 19.6. The highest BCUT2D eigenvalue weighted by atomic mass is 16.2. The van der Waals surface area contributed by atoms with E-state index in [1.54, 1.807) is 6.20 Å². The molecule has 2 N–H and O–H groups in total. The second kappa shape index (κ2) is 9.17. The highest BCUT2D eigenvalue weighted by Crippen LogP contribution is 2.37. The number of nitrogens with zero attached hydrogens (tertiary/aromatic N) is 3. The van der Waals surface area contributed by atoms with Gasteiger partial charge in [0.2, 0.25) is 5.91 Å². The summed E-state index contributed by atoms with van der Waals surface area (Å²) in [5.41, 5.74) is 1.03. The van der Waals surface area contributed by atoms with Crippen LogP contribution >= 0.6 is 0 Å². The number of hydrogen-bond acceptors (Lipinski definition) is 4. The lowest BCUT2D eigenvalue weighted by molar-refractivity contribution is -0.128. The Bertz CT molecular complexity index is 639. The van der Waals surface area contributed by atoms with Crippen LogP contribution in [0.15, 0.2) is 24.5 Å². The molecule has 2 fully saturated rings. The molecule has 3 amide bonds. The van der Waals surface area contributed by atoms with Crippen LogP contribution in [0.25, 0.3) is 0 Å². The minimum absolute atomic E-state index is 0.0254. The van der Waals surface area contributed by atoms with E-state index < -0.39 is 0 Å². The van der Waals surface area contributed by atoms with E-state index in [0.29, 0.717) is 26.1 Å². The molecule has 2 aliphatic rings. The number of carbonyl (C=O) groups excluding carboxylic acids is 2. The predicted octanol–water partition coefficient (Wildman–Crippen LogP) is 1.63. The first-order chi connectivity index (χ1) is 13.1. The van der Waals surface area contributed by atoms with E-state index in [1.165, 1.54) is 6.42 Å². The molecule has 0 bridgehead atoms. The Labute approximate surface area is 161 Å². The normalized spacial score (nSPS) is 25.8. The number of amides is 3. The summed E-state index contributed by atoms with van der Waals surface area (Å²) in [6.07, 6.45) is 5.25. The van der Waals surface area contributed by atoms with Gasteiger partial charge in [0.05, 0.1) is 6.04 Å². The van der Waals surface area contributed by atoms with Gasteiger partial charge in [-0.2, -0.15) is 0 Å². The zero-order valence-corrected chi connectivity index (χ0v) is 16.4. The molecule has 3 atom stereocenters. The van der Waals surface area contributed by atoms with E-state index >= 15 is 0 Å². The summed E-state index contributed by atoms with van der Waals surface area (Å²) >= 11 is 0. The molecule has 0 spiro atoms. The van der Waals surface area contributed by atoms with E-state index in [1.807, 2.05) is 30.2 Å². The molecular formula is C20H31N5O2. The van der Waals surface area contributed by atoms with Gasteiger partial charge in [0.1, 0.15) is 0 Å². The van der Waals surface area contributed by atoms with Gasteiger partial charge in [-0.05, 0) is 37.4 Å². The Morgan fingerprint density at radius 2 is 2.22 bits per heavy atom. The Morgan fingerprint density at radius 3 is 2.89 bits per heavy atom. The van der Waals surface area contributed by atoms with Gasteiger partial charge in [0.25, 0.3) is 0 Å². The van der Waals surface area contributed by atoms with Gasteiger partial charge in [-0.3, -0.25) is 9.78 Å². The minimum atomic E-state index is -0.158. The summed E-state index contributed by atoms with van der Waals surface area (Å²) in [7, 11) is 0. The van der Waals surface area contributed by atoms with Crippen LogP contribution in [0, 0.1) is 11.8 Å². The number of urea groups is 1. The first-order valence-corrected chi connectivity index (χ1v) is 10.0. The second-order valence-corrected chi connectivity index (χ2v) is 7.71. The molecule has 0 aromatic carbocycles. The Kier molecular flexibility index (Phi) is 6.66.